The van der Waals surface area contributed by atoms with E-state index in [1.54, 1.807) is 36.2 Å². The topological polar surface area (TPSA) is 153 Å². The number of amides is 2. The standard InChI is InChI=1S/C22H23N7O4S/c1-28-20(21(30)25-11-14-3-5-16(6-4-14)27-34(2,32)33)17-13-29(8-7-18(17)26-28)22(31)19-9-15(10-23)12-24-19/h3-6,9,12,24,27H,7-8,11,13H2,1-2H3,(H,25,30). The number of benzene rings is 1. The highest BCUT2D eigenvalue weighted by molar-refractivity contribution is 7.92. The van der Waals surface area contributed by atoms with E-state index < -0.39 is 10.0 Å². The lowest BCUT2D eigenvalue weighted by molar-refractivity contribution is 0.0726. The normalized spacial score (nSPS) is 13.1. The molecule has 4 rings (SSSR count). The van der Waals surface area contributed by atoms with Crippen LogP contribution in [0.3, 0.4) is 0 Å². The molecule has 34 heavy (non-hydrogen) atoms. The molecule has 11 nitrogen and oxygen atoms in total. The van der Waals surface area contributed by atoms with Gasteiger partial charge in [0, 0.05) is 44.0 Å². The summed E-state index contributed by atoms with van der Waals surface area (Å²) < 4.78 is 26.6. The number of H-pyrrole nitrogens is 1. The highest BCUT2D eigenvalue weighted by Gasteiger charge is 2.30. The smallest absolute Gasteiger partial charge is 0.270 e. The Balaban J connectivity index is 1.45. The third kappa shape index (κ3) is 4.94. The summed E-state index contributed by atoms with van der Waals surface area (Å²) in [6, 6.07) is 10.2. The van der Waals surface area contributed by atoms with Gasteiger partial charge in [-0.05, 0) is 23.8 Å². The first-order valence-electron chi connectivity index (χ1n) is 10.4. The molecule has 1 aromatic carbocycles. The van der Waals surface area contributed by atoms with Crippen molar-refractivity contribution in [1.29, 1.82) is 5.26 Å². The van der Waals surface area contributed by atoms with Crippen LogP contribution in [-0.2, 0) is 36.6 Å². The van der Waals surface area contributed by atoms with Gasteiger partial charge in [-0.3, -0.25) is 19.0 Å². The third-order valence-corrected chi connectivity index (χ3v) is 6.06. The molecule has 2 aromatic heterocycles. The molecule has 0 saturated carbocycles. The molecule has 3 aromatic rings. The fourth-order valence-corrected chi connectivity index (χ4v) is 4.45. The Morgan fingerprint density at radius 3 is 2.65 bits per heavy atom. The van der Waals surface area contributed by atoms with Crippen molar-refractivity contribution in [1.82, 2.24) is 25.0 Å². The predicted molar refractivity (Wildman–Crippen MR) is 123 cm³/mol. The molecular weight excluding hydrogens is 458 g/mol. The number of carbonyl (C=O) groups excluding carboxylic acids is 2. The maximum absolute atomic E-state index is 13.0. The lowest BCUT2D eigenvalue weighted by atomic mass is 10.0. The summed E-state index contributed by atoms with van der Waals surface area (Å²) in [7, 11) is -1.67. The molecule has 1 aliphatic rings. The number of hydrogen-bond donors (Lipinski definition) is 3. The van der Waals surface area contributed by atoms with Crippen molar-refractivity contribution in [3.05, 3.63) is 70.3 Å². The van der Waals surface area contributed by atoms with Crippen LogP contribution in [0.25, 0.3) is 0 Å². The molecule has 0 fully saturated rings. The zero-order valence-electron chi connectivity index (χ0n) is 18.6. The number of fused-ring (bicyclic) bond motifs is 1. The molecule has 1 aliphatic heterocycles. The molecule has 0 unspecified atom stereocenters. The Hall–Kier alpha value is -4.11. The van der Waals surface area contributed by atoms with Crippen LogP contribution in [-0.4, -0.2) is 52.7 Å². The minimum Gasteiger partial charge on any atom is -0.356 e. The molecule has 176 valence electrons. The van der Waals surface area contributed by atoms with E-state index in [4.69, 9.17) is 5.26 Å². The van der Waals surface area contributed by atoms with Gasteiger partial charge in [-0.15, -0.1) is 0 Å². The van der Waals surface area contributed by atoms with Crippen LogP contribution >= 0.6 is 0 Å². The third-order valence-electron chi connectivity index (χ3n) is 5.45. The summed E-state index contributed by atoms with van der Waals surface area (Å²) in [5.74, 6) is -0.569. The summed E-state index contributed by atoms with van der Waals surface area (Å²) in [5, 5.41) is 16.3. The number of rotatable bonds is 6. The fraction of sp³-hybridized carbons (Fsp3) is 0.273. The Labute approximate surface area is 196 Å². The molecule has 0 aliphatic carbocycles. The number of aromatic amines is 1. The molecule has 3 N–H and O–H groups in total. The van der Waals surface area contributed by atoms with Crippen molar-refractivity contribution >= 4 is 27.5 Å². The van der Waals surface area contributed by atoms with E-state index >= 15 is 0 Å². The van der Waals surface area contributed by atoms with Gasteiger partial charge in [0.1, 0.15) is 17.5 Å². The maximum Gasteiger partial charge on any atom is 0.270 e. The van der Waals surface area contributed by atoms with Crippen LogP contribution in [0.5, 0.6) is 0 Å². The van der Waals surface area contributed by atoms with Crippen LogP contribution in [0.1, 0.15) is 43.4 Å². The molecular formula is C22H23N7O4S. The Morgan fingerprint density at radius 1 is 1.26 bits per heavy atom. The van der Waals surface area contributed by atoms with Crippen LogP contribution < -0.4 is 10.0 Å². The van der Waals surface area contributed by atoms with Gasteiger partial charge in [0.15, 0.2) is 0 Å². The van der Waals surface area contributed by atoms with Gasteiger partial charge in [-0.2, -0.15) is 10.4 Å². The average Bonchev–Trinajstić information content (AvgIpc) is 3.40. The first-order valence-corrected chi connectivity index (χ1v) is 12.3. The predicted octanol–water partition coefficient (Wildman–Crippen LogP) is 1.12. The van der Waals surface area contributed by atoms with Gasteiger partial charge in [-0.25, -0.2) is 8.42 Å². The summed E-state index contributed by atoms with van der Waals surface area (Å²) in [6.07, 6.45) is 3.07. The van der Waals surface area contributed by atoms with Crippen LogP contribution in [0.15, 0.2) is 36.5 Å². The first kappa shape index (κ1) is 23.1. The number of nitrogens with zero attached hydrogens (tertiary/aromatic N) is 4. The molecule has 3 heterocycles. The lowest BCUT2D eigenvalue weighted by Crippen LogP contribution is -2.37. The molecule has 0 radical (unpaired) electrons. The van der Waals surface area contributed by atoms with Crippen molar-refractivity contribution in [2.24, 2.45) is 7.05 Å². The molecule has 0 atom stereocenters. The van der Waals surface area contributed by atoms with Gasteiger partial charge in [-0.1, -0.05) is 12.1 Å². The number of aryl methyl sites for hydroxylation is 1. The van der Waals surface area contributed by atoms with Crippen molar-refractivity contribution in [3.63, 3.8) is 0 Å². The lowest BCUT2D eigenvalue weighted by Gasteiger charge is -2.26. The Bertz CT molecular complexity index is 1400. The molecule has 0 spiro atoms. The van der Waals surface area contributed by atoms with E-state index in [-0.39, 0.29) is 24.9 Å². The zero-order valence-corrected chi connectivity index (χ0v) is 19.4. The van der Waals surface area contributed by atoms with Crippen molar-refractivity contribution in [3.8, 4) is 6.07 Å². The number of aromatic nitrogens is 3. The monoisotopic (exact) mass is 481 g/mol. The second-order valence-corrected chi connectivity index (χ2v) is 9.79. The Morgan fingerprint density at radius 2 is 2.00 bits per heavy atom. The summed E-state index contributed by atoms with van der Waals surface area (Å²) >= 11 is 0. The highest BCUT2D eigenvalue weighted by atomic mass is 32.2. The van der Waals surface area contributed by atoms with E-state index in [1.807, 2.05) is 6.07 Å². The number of nitriles is 1. The van der Waals surface area contributed by atoms with Gasteiger partial charge in [0.25, 0.3) is 11.8 Å². The van der Waals surface area contributed by atoms with Gasteiger partial charge in [0.05, 0.1) is 24.1 Å². The maximum atomic E-state index is 13.0. The van der Waals surface area contributed by atoms with Crippen molar-refractivity contribution < 1.29 is 18.0 Å². The van der Waals surface area contributed by atoms with Gasteiger partial charge >= 0.3 is 0 Å². The quantitative estimate of drug-likeness (QED) is 0.480. The zero-order chi connectivity index (χ0) is 24.5. The van der Waals surface area contributed by atoms with Crippen LogP contribution in [0.2, 0.25) is 0 Å². The SMILES string of the molecule is Cn1nc2c(c1C(=O)NCc1ccc(NS(C)(=O)=O)cc1)CN(C(=O)c1cc(C#N)c[nH]1)CC2. The second kappa shape index (κ2) is 9.03. The number of carbonyl (C=O) groups is 2. The molecule has 2 amide bonds. The molecule has 0 saturated heterocycles. The van der Waals surface area contributed by atoms with Crippen molar-refractivity contribution in [2.45, 2.75) is 19.5 Å². The first-order chi connectivity index (χ1) is 16.1. The number of nitrogens with one attached hydrogen (secondary N) is 3. The number of hydrogen-bond acceptors (Lipinski definition) is 6. The summed E-state index contributed by atoms with van der Waals surface area (Å²) in [5.41, 5.74) is 3.78. The van der Waals surface area contributed by atoms with Crippen molar-refractivity contribution in [2.75, 3.05) is 17.5 Å². The summed E-state index contributed by atoms with van der Waals surface area (Å²) in [4.78, 5) is 30.3. The fourth-order valence-electron chi connectivity index (χ4n) is 3.88. The van der Waals surface area contributed by atoms with Gasteiger partial charge < -0.3 is 15.2 Å². The number of anilines is 1. The minimum absolute atomic E-state index is 0.234. The number of sulfonamides is 1. The Kier molecular flexibility index (Phi) is 6.12. The van der Waals surface area contributed by atoms with E-state index in [0.29, 0.717) is 41.2 Å². The average molecular weight is 482 g/mol. The van der Waals surface area contributed by atoms with Crippen LogP contribution in [0.4, 0.5) is 5.69 Å². The van der Waals surface area contributed by atoms with E-state index in [1.165, 1.54) is 16.9 Å². The minimum atomic E-state index is -3.36. The largest absolute Gasteiger partial charge is 0.356 e. The van der Waals surface area contributed by atoms with E-state index in [0.717, 1.165) is 17.5 Å². The highest BCUT2D eigenvalue weighted by Crippen LogP contribution is 2.23. The second-order valence-electron chi connectivity index (χ2n) is 8.04. The van der Waals surface area contributed by atoms with Gasteiger partial charge in [0.2, 0.25) is 10.0 Å². The summed E-state index contributed by atoms with van der Waals surface area (Å²) in [6.45, 7) is 0.927. The van der Waals surface area contributed by atoms with E-state index in [9.17, 15) is 18.0 Å². The molecule has 12 heteroatoms. The molecule has 0 bridgehead atoms. The van der Waals surface area contributed by atoms with Crippen LogP contribution in [0, 0.1) is 11.3 Å². The van der Waals surface area contributed by atoms with E-state index in [2.05, 4.69) is 20.1 Å².